The summed E-state index contributed by atoms with van der Waals surface area (Å²) in [4.78, 5) is 38.1. The van der Waals surface area contributed by atoms with Gasteiger partial charge in [0.05, 0.1) is 0 Å². The minimum Gasteiger partial charge on any atom is -0.480 e. The van der Waals surface area contributed by atoms with Crippen molar-refractivity contribution in [3.05, 3.63) is 48.0 Å². The Morgan fingerprint density at radius 2 is 1.79 bits per heavy atom. The minimum atomic E-state index is -0.983. The van der Waals surface area contributed by atoms with Gasteiger partial charge in [-0.1, -0.05) is 30.4 Å². The first-order chi connectivity index (χ1) is 11.6. The van der Waals surface area contributed by atoms with E-state index in [2.05, 4.69) is 5.32 Å². The highest BCUT2D eigenvalue weighted by Gasteiger charge is 2.43. The molecule has 2 aliphatic heterocycles. The molecule has 6 nitrogen and oxygen atoms in total. The Morgan fingerprint density at radius 1 is 1.08 bits per heavy atom. The SMILES string of the molecule is O=C(N[C@H]1CC=CC[C@H]2CC[C@@H](C(=O)O)N2C1=O)c1ccccc1. The van der Waals surface area contributed by atoms with Crippen LogP contribution >= 0.6 is 0 Å². The molecule has 1 fully saturated rings. The Kier molecular flexibility index (Phi) is 4.64. The Bertz CT molecular complexity index is 671. The maximum absolute atomic E-state index is 12.9. The molecule has 1 aromatic carbocycles. The number of amides is 2. The lowest BCUT2D eigenvalue weighted by molar-refractivity contribution is -0.150. The van der Waals surface area contributed by atoms with E-state index in [9.17, 15) is 19.5 Å². The zero-order valence-corrected chi connectivity index (χ0v) is 13.2. The number of carboxylic acid groups (broad SMARTS) is 1. The molecule has 2 heterocycles. The van der Waals surface area contributed by atoms with Gasteiger partial charge in [0, 0.05) is 11.6 Å². The summed E-state index contributed by atoms with van der Waals surface area (Å²) in [5, 5.41) is 12.1. The number of hydrogen-bond donors (Lipinski definition) is 2. The van der Waals surface area contributed by atoms with Gasteiger partial charge in [-0.15, -0.1) is 0 Å². The minimum absolute atomic E-state index is 0.105. The molecule has 0 unspecified atom stereocenters. The van der Waals surface area contributed by atoms with E-state index in [0.29, 0.717) is 31.2 Å². The molecule has 0 aliphatic carbocycles. The number of carbonyl (C=O) groups is 3. The molecule has 1 aromatic rings. The molecule has 2 aliphatic rings. The van der Waals surface area contributed by atoms with Crippen LogP contribution in [-0.2, 0) is 9.59 Å². The van der Waals surface area contributed by atoms with Gasteiger partial charge in [-0.05, 0) is 37.8 Å². The molecule has 3 atom stereocenters. The number of carbonyl (C=O) groups excluding carboxylic acids is 2. The lowest BCUT2D eigenvalue weighted by Crippen LogP contribution is -2.54. The molecule has 0 saturated carbocycles. The normalized spacial score (nSPS) is 26.4. The average molecular weight is 328 g/mol. The Balaban J connectivity index is 1.80. The van der Waals surface area contributed by atoms with Crippen molar-refractivity contribution in [3.8, 4) is 0 Å². The van der Waals surface area contributed by atoms with Gasteiger partial charge < -0.3 is 15.3 Å². The summed E-state index contributed by atoms with van der Waals surface area (Å²) in [5.74, 6) is -1.62. The third-order valence-corrected chi connectivity index (χ3v) is 4.63. The van der Waals surface area contributed by atoms with E-state index in [1.807, 2.05) is 18.2 Å². The van der Waals surface area contributed by atoms with Gasteiger partial charge >= 0.3 is 5.97 Å². The van der Waals surface area contributed by atoms with Crippen molar-refractivity contribution in [2.24, 2.45) is 0 Å². The number of rotatable bonds is 3. The maximum Gasteiger partial charge on any atom is 0.326 e. The Hall–Kier alpha value is -2.63. The van der Waals surface area contributed by atoms with E-state index in [1.165, 1.54) is 4.90 Å². The van der Waals surface area contributed by atoms with Crippen LogP contribution in [0.3, 0.4) is 0 Å². The average Bonchev–Trinajstić information content (AvgIpc) is 3.00. The number of fused-ring (bicyclic) bond motifs is 1. The molecule has 2 amide bonds. The summed E-state index contributed by atoms with van der Waals surface area (Å²) in [5.41, 5.74) is 0.476. The third-order valence-electron chi connectivity index (χ3n) is 4.63. The second kappa shape index (κ2) is 6.86. The fraction of sp³-hybridized carbons (Fsp3) is 0.389. The van der Waals surface area contributed by atoms with Crippen LogP contribution in [-0.4, -0.2) is 45.9 Å². The molecular weight excluding hydrogens is 308 g/mol. The molecule has 2 N–H and O–H groups in total. The molecule has 3 rings (SSSR count). The van der Waals surface area contributed by atoms with Crippen molar-refractivity contribution >= 4 is 17.8 Å². The molecule has 0 spiro atoms. The van der Waals surface area contributed by atoms with E-state index in [-0.39, 0.29) is 17.9 Å². The molecule has 0 radical (unpaired) electrons. The van der Waals surface area contributed by atoms with Crippen molar-refractivity contribution in [2.75, 3.05) is 0 Å². The zero-order chi connectivity index (χ0) is 17.1. The lowest BCUT2D eigenvalue weighted by atomic mass is 10.0. The van der Waals surface area contributed by atoms with Crippen LogP contribution in [0.4, 0.5) is 0 Å². The van der Waals surface area contributed by atoms with Gasteiger partial charge in [0.1, 0.15) is 12.1 Å². The van der Waals surface area contributed by atoms with E-state index in [4.69, 9.17) is 0 Å². The molecule has 0 aromatic heterocycles. The summed E-state index contributed by atoms with van der Waals surface area (Å²) in [7, 11) is 0. The number of carboxylic acids is 1. The summed E-state index contributed by atoms with van der Waals surface area (Å²) in [6, 6.07) is 7.03. The van der Waals surface area contributed by atoms with Gasteiger partial charge in [0.25, 0.3) is 5.91 Å². The van der Waals surface area contributed by atoms with Gasteiger partial charge in [0.15, 0.2) is 0 Å². The highest BCUT2D eigenvalue weighted by molar-refractivity contribution is 5.98. The molecule has 0 bridgehead atoms. The highest BCUT2D eigenvalue weighted by Crippen LogP contribution is 2.29. The van der Waals surface area contributed by atoms with E-state index >= 15 is 0 Å². The van der Waals surface area contributed by atoms with Crippen molar-refractivity contribution in [1.82, 2.24) is 10.2 Å². The summed E-state index contributed by atoms with van der Waals surface area (Å²) < 4.78 is 0. The van der Waals surface area contributed by atoms with Crippen LogP contribution in [0.5, 0.6) is 0 Å². The van der Waals surface area contributed by atoms with Gasteiger partial charge in [-0.2, -0.15) is 0 Å². The van der Waals surface area contributed by atoms with Crippen LogP contribution in [0.15, 0.2) is 42.5 Å². The zero-order valence-electron chi connectivity index (χ0n) is 13.2. The maximum atomic E-state index is 12.9. The largest absolute Gasteiger partial charge is 0.480 e. The number of benzene rings is 1. The number of nitrogens with zero attached hydrogens (tertiary/aromatic N) is 1. The van der Waals surface area contributed by atoms with Crippen LogP contribution in [0, 0.1) is 0 Å². The molecule has 24 heavy (non-hydrogen) atoms. The quantitative estimate of drug-likeness (QED) is 0.825. The third kappa shape index (κ3) is 3.18. The van der Waals surface area contributed by atoms with Crippen molar-refractivity contribution in [2.45, 2.75) is 43.8 Å². The molecule has 1 saturated heterocycles. The fourth-order valence-electron chi connectivity index (χ4n) is 3.41. The van der Waals surface area contributed by atoms with Crippen molar-refractivity contribution < 1.29 is 19.5 Å². The Labute approximate surface area is 140 Å². The number of nitrogens with one attached hydrogen (secondary N) is 1. The van der Waals surface area contributed by atoms with Crippen LogP contribution in [0.1, 0.15) is 36.0 Å². The van der Waals surface area contributed by atoms with E-state index in [0.717, 1.165) is 0 Å². The monoisotopic (exact) mass is 328 g/mol. The van der Waals surface area contributed by atoms with E-state index in [1.54, 1.807) is 24.3 Å². The van der Waals surface area contributed by atoms with Crippen molar-refractivity contribution in [1.29, 1.82) is 0 Å². The highest BCUT2D eigenvalue weighted by atomic mass is 16.4. The predicted octanol–water partition coefficient (Wildman–Crippen LogP) is 1.58. The first-order valence-electron chi connectivity index (χ1n) is 8.14. The summed E-state index contributed by atoms with van der Waals surface area (Å²) in [6.07, 6.45) is 6.02. The molecular formula is C18H20N2O4. The smallest absolute Gasteiger partial charge is 0.326 e. The van der Waals surface area contributed by atoms with Crippen molar-refractivity contribution in [3.63, 3.8) is 0 Å². The first kappa shape index (κ1) is 16.2. The van der Waals surface area contributed by atoms with Crippen LogP contribution in [0.25, 0.3) is 0 Å². The fourth-order valence-corrected chi connectivity index (χ4v) is 3.41. The van der Waals surface area contributed by atoms with Crippen LogP contribution in [0.2, 0.25) is 0 Å². The topological polar surface area (TPSA) is 86.7 Å². The predicted molar refractivity (Wildman–Crippen MR) is 87.4 cm³/mol. The van der Waals surface area contributed by atoms with Gasteiger partial charge in [0.2, 0.25) is 5.91 Å². The number of aliphatic carboxylic acids is 1. The molecule has 6 heteroatoms. The first-order valence-corrected chi connectivity index (χ1v) is 8.14. The lowest BCUT2D eigenvalue weighted by Gasteiger charge is -2.32. The van der Waals surface area contributed by atoms with Crippen LogP contribution < -0.4 is 5.32 Å². The standard InChI is InChI=1S/C18H20N2O4/c21-16(12-6-2-1-3-7-12)19-14-9-5-4-8-13-10-11-15(18(23)24)20(13)17(14)22/h1-7,13-15H,8-11H2,(H,19,21)(H,23,24)/t13-,14-,15-/m0/s1. The van der Waals surface area contributed by atoms with E-state index < -0.39 is 18.1 Å². The van der Waals surface area contributed by atoms with Gasteiger partial charge in [-0.3, -0.25) is 9.59 Å². The summed E-state index contributed by atoms with van der Waals surface area (Å²) in [6.45, 7) is 0. The van der Waals surface area contributed by atoms with Gasteiger partial charge in [-0.25, -0.2) is 4.79 Å². The second-order valence-electron chi connectivity index (χ2n) is 6.17. The number of hydrogen-bond acceptors (Lipinski definition) is 3. The summed E-state index contributed by atoms with van der Waals surface area (Å²) >= 11 is 0. The second-order valence-corrected chi connectivity index (χ2v) is 6.17. The molecule has 126 valence electrons. The Morgan fingerprint density at radius 3 is 2.50 bits per heavy atom.